The van der Waals surface area contributed by atoms with Crippen LogP contribution in [0.4, 0.5) is 10.5 Å². The molecule has 2 fully saturated rings. The number of hydrogen-bond donors (Lipinski definition) is 2. The smallest absolute Gasteiger partial charge is 0.319 e. The summed E-state index contributed by atoms with van der Waals surface area (Å²) in [5.41, 5.74) is 9.17. The number of nitrogen functional groups attached to an aromatic ring is 1. The average Bonchev–Trinajstić information content (AvgIpc) is 3.22. The molecule has 1 aliphatic carbocycles. The Morgan fingerprint density at radius 2 is 1.64 bits per heavy atom. The quantitative estimate of drug-likeness (QED) is 0.740. The molecule has 2 heterocycles. The van der Waals surface area contributed by atoms with E-state index in [0.717, 1.165) is 63.7 Å². The lowest BCUT2D eigenvalue weighted by Gasteiger charge is -2.35. The van der Waals surface area contributed by atoms with Gasteiger partial charge in [0.2, 0.25) is 5.91 Å². The van der Waals surface area contributed by atoms with Gasteiger partial charge in [0.1, 0.15) is 0 Å². The van der Waals surface area contributed by atoms with Crippen molar-refractivity contribution in [2.75, 3.05) is 31.9 Å². The van der Waals surface area contributed by atoms with Crippen LogP contribution in [0.15, 0.2) is 18.2 Å². The van der Waals surface area contributed by atoms with Crippen LogP contribution in [-0.2, 0) is 11.2 Å². The second-order valence-electron chi connectivity index (χ2n) is 8.15. The molecule has 6 nitrogen and oxygen atoms in total. The van der Waals surface area contributed by atoms with Crippen LogP contribution < -0.4 is 11.1 Å². The van der Waals surface area contributed by atoms with Gasteiger partial charge in [0, 0.05) is 37.8 Å². The van der Waals surface area contributed by atoms with Gasteiger partial charge in [-0.05, 0) is 68.2 Å². The molecule has 0 saturated carbocycles. The van der Waals surface area contributed by atoms with Crippen LogP contribution in [0, 0.1) is 5.92 Å². The number of anilines is 1. The Kier molecular flexibility index (Phi) is 6.70. The molecule has 1 atom stereocenters. The number of urea groups is 1. The molecule has 3 N–H and O–H groups in total. The van der Waals surface area contributed by atoms with Crippen molar-refractivity contribution in [1.82, 2.24) is 15.1 Å². The second-order valence-corrected chi connectivity index (χ2v) is 8.15. The Morgan fingerprint density at radius 3 is 2.36 bits per heavy atom. The minimum atomic E-state index is 0. The molecule has 154 valence electrons. The van der Waals surface area contributed by atoms with Crippen LogP contribution in [0.1, 0.15) is 55.7 Å². The summed E-state index contributed by atoms with van der Waals surface area (Å²) in [7, 11) is 0. The maximum absolute atomic E-state index is 12.8. The van der Waals surface area contributed by atoms with E-state index in [4.69, 9.17) is 5.73 Å². The van der Waals surface area contributed by atoms with Gasteiger partial charge in [0.15, 0.2) is 0 Å². The molecule has 2 aliphatic heterocycles. The third-order valence-corrected chi connectivity index (χ3v) is 6.31. The molecule has 1 aromatic rings. The standard InChI is InChI=1S/C21H30N4O2.ClH/c22-17-6-7-18-16(14-17)4-3-5-19(18)23-20(26)15-8-12-25(13-9-15)21(27)24-10-1-2-11-24;/h6-7,14-15,19H,1-5,8-13,22H2,(H,23,26);1H. The van der Waals surface area contributed by atoms with Gasteiger partial charge in [-0.1, -0.05) is 6.07 Å². The summed E-state index contributed by atoms with van der Waals surface area (Å²) < 4.78 is 0. The highest BCUT2D eigenvalue weighted by molar-refractivity contribution is 5.85. The Balaban J connectivity index is 0.00000225. The van der Waals surface area contributed by atoms with Gasteiger partial charge in [0.25, 0.3) is 0 Å². The van der Waals surface area contributed by atoms with E-state index in [1.807, 2.05) is 21.9 Å². The van der Waals surface area contributed by atoms with Crippen molar-refractivity contribution in [3.63, 3.8) is 0 Å². The normalized spacial score (nSPS) is 22.4. The summed E-state index contributed by atoms with van der Waals surface area (Å²) in [5, 5.41) is 3.27. The molecule has 28 heavy (non-hydrogen) atoms. The Hall–Kier alpha value is -1.95. The van der Waals surface area contributed by atoms with Gasteiger partial charge >= 0.3 is 6.03 Å². The molecule has 3 amide bonds. The molecule has 1 unspecified atom stereocenters. The average molecular weight is 407 g/mol. The van der Waals surface area contributed by atoms with Crippen molar-refractivity contribution in [3.8, 4) is 0 Å². The van der Waals surface area contributed by atoms with Crippen molar-refractivity contribution in [2.45, 2.75) is 51.0 Å². The van der Waals surface area contributed by atoms with E-state index in [-0.39, 0.29) is 36.3 Å². The minimum absolute atomic E-state index is 0. The summed E-state index contributed by atoms with van der Waals surface area (Å²) in [5.74, 6) is 0.143. The van der Waals surface area contributed by atoms with Crippen molar-refractivity contribution in [1.29, 1.82) is 0 Å². The number of piperidine rings is 1. The minimum Gasteiger partial charge on any atom is -0.399 e. The summed E-state index contributed by atoms with van der Waals surface area (Å²) >= 11 is 0. The van der Waals surface area contributed by atoms with Gasteiger partial charge in [-0.15, -0.1) is 12.4 Å². The number of nitrogens with one attached hydrogen (secondary N) is 1. The van der Waals surface area contributed by atoms with Gasteiger partial charge in [-0.2, -0.15) is 0 Å². The number of hydrogen-bond acceptors (Lipinski definition) is 3. The number of rotatable bonds is 2. The number of amides is 3. The van der Waals surface area contributed by atoms with Crippen LogP contribution in [-0.4, -0.2) is 47.9 Å². The van der Waals surface area contributed by atoms with E-state index in [9.17, 15) is 9.59 Å². The fourth-order valence-electron chi connectivity index (χ4n) is 4.72. The number of fused-ring (bicyclic) bond motifs is 1. The van der Waals surface area contributed by atoms with E-state index in [1.54, 1.807) is 0 Å². The molecular weight excluding hydrogens is 376 g/mol. The van der Waals surface area contributed by atoms with Crippen LogP contribution in [0.25, 0.3) is 0 Å². The fourth-order valence-corrected chi connectivity index (χ4v) is 4.72. The zero-order chi connectivity index (χ0) is 18.8. The predicted octanol–water partition coefficient (Wildman–Crippen LogP) is 3.11. The van der Waals surface area contributed by atoms with E-state index >= 15 is 0 Å². The number of nitrogens with two attached hydrogens (primary N) is 1. The number of aryl methyl sites for hydroxylation is 1. The summed E-state index contributed by atoms with van der Waals surface area (Å²) in [6.07, 6.45) is 6.82. The predicted molar refractivity (Wildman–Crippen MR) is 112 cm³/mol. The Bertz CT molecular complexity index is 712. The van der Waals surface area contributed by atoms with Gasteiger partial charge in [-0.3, -0.25) is 4.79 Å². The van der Waals surface area contributed by atoms with Crippen molar-refractivity contribution in [3.05, 3.63) is 29.3 Å². The third-order valence-electron chi connectivity index (χ3n) is 6.31. The summed E-state index contributed by atoms with van der Waals surface area (Å²) in [6, 6.07) is 6.27. The fraction of sp³-hybridized carbons (Fsp3) is 0.619. The second kappa shape index (κ2) is 9.03. The molecule has 0 aromatic heterocycles. The van der Waals surface area contributed by atoms with E-state index in [1.165, 1.54) is 11.1 Å². The molecule has 7 heteroatoms. The monoisotopic (exact) mass is 406 g/mol. The van der Waals surface area contributed by atoms with Gasteiger partial charge in [0.05, 0.1) is 6.04 Å². The van der Waals surface area contributed by atoms with E-state index in [0.29, 0.717) is 13.1 Å². The van der Waals surface area contributed by atoms with Crippen molar-refractivity contribution < 1.29 is 9.59 Å². The molecule has 0 radical (unpaired) electrons. The number of nitrogens with zero attached hydrogens (tertiary/aromatic N) is 2. The molecule has 1 aromatic carbocycles. The number of carbonyl (C=O) groups excluding carboxylic acids is 2. The number of carbonyl (C=O) groups is 2. The molecular formula is C21H31ClN4O2. The first-order chi connectivity index (χ1) is 13.1. The summed E-state index contributed by atoms with van der Waals surface area (Å²) in [4.78, 5) is 29.2. The third kappa shape index (κ3) is 4.37. The first kappa shape index (κ1) is 20.8. The lowest BCUT2D eigenvalue weighted by Crippen LogP contribution is -2.48. The van der Waals surface area contributed by atoms with Crippen molar-refractivity contribution >= 4 is 30.0 Å². The zero-order valence-electron chi connectivity index (χ0n) is 16.4. The van der Waals surface area contributed by atoms with Crippen LogP contribution >= 0.6 is 12.4 Å². The first-order valence-electron chi connectivity index (χ1n) is 10.3. The summed E-state index contributed by atoms with van der Waals surface area (Å²) in [6.45, 7) is 3.13. The highest BCUT2D eigenvalue weighted by Gasteiger charge is 2.32. The SMILES string of the molecule is Cl.Nc1ccc2c(c1)CCCC2NC(=O)C1CCN(C(=O)N2CCCC2)CC1. The van der Waals surface area contributed by atoms with Crippen molar-refractivity contribution in [2.24, 2.45) is 5.92 Å². The highest BCUT2D eigenvalue weighted by Crippen LogP contribution is 2.32. The first-order valence-corrected chi connectivity index (χ1v) is 10.3. The highest BCUT2D eigenvalue weighted by atomic mass is 35.5. The number of likely N-dealkylation sites (tertiary alicyclic amines) is 2. The largest absolute Gasteiger partial charge is 0.399 e. The molecule has 2 saturated heterocycles. The van der Waals surface area contributed by atoms with Crippen LogP contribution in [0.3, 0.4) is 0 Å². The lowest BCUT2D eigenvalue weighted by atomic mass is 9.86. The molecule has 0 spiro atoms. The molecule has 3 aliphatic rings. The van der Waals surface area contributed by atoms with E-state index in [2.05, 4.69) is 11.4 Å². The lowest BCUT2D eigenvalue weighted by molar-refractivity contribution is -0.127. The maximum atomic E-state index is 12.8. The molecule has 0 bridgehead atoms. The topological polar surface area (TPSA) is 78.7 Å². The Morgan fingerprint density at radius 1 is 0.964 bits per heavy atom. The maximum Gasteiger partial charge on any atom is 0.319 e. The zero-order valence-corrected chi connectivity index (χ0v) is 17.2. The van der Waals surface area contributed by atoms with Gasteiger partial charge < -0.3 is 20.9 Å². The van der Waals surface area contributed by atoms with Crippen LogP contribution in [0.2, 0.25) is 0 Å². The number of halogens is 1. The Labute approximate surface area is 173 Å². The molecule has 4 rings (SSSR count). The van der Waals surface area contributed by atoms with E-state index < -0.39 is 0 Å². The van der Waals surface area contributed by atoms with Crippen LogP contribution in [0.5, 0.6) is 0 Å². The number of benzene rings is 1. The van der Waals surface area contributed by atoms with Gasteiger partial charge in [-0.25, -0.2) is 4.79 Å².